The molecule has 0 saturated carbocycles. The fourth-order valence-corrected chi connectivity index (χ4v) is 1.50. The zero-order valence-electron chi connectivity index (χ0n) is 10.3. The van der Waals surface area contributed by atoms with Crippen LogP contribution in [-0.2, 0) is 0 Å². The first kappa shape index (κ1) is 12.8. The zero-order chi connectivity index (χ0) is 13.7. The van der Waals surface area contributed by atoms with Gasteiger partial charge in [0.05, 0.1) is 24.6 Å². The molecule has 7 heteroatoms. The second-order valence-corrected chi connectivity index (χ2v) is 3.61. The molecule has 0 saturated heterocycles. The third kappa shape index (κ3) is 2.96. The smallest absolute Gasteiger partial charge is 0.257 e. The summed E-state index contributed by atoms with van der Waals surface area (Å²) in [6, 6.07) is 4.86. The third-order valence-corrected chi connectivity index (χ3v) is 2.42. The average Bonchev–Trinajstić information content (AvgIpc) is 2.47. The van der Waals surface area contributed by atoms with E-state index in [1.54, 1.807) is 24.4 Å². The molecule has 0 aliphatic carbocycles. The van der Waals surface area contributed by atoms with Gasteiger partial charge in [0.15, 0.2) is 0 Å². The standard InChI is InChI=1S/C12H13N5O2/c1-19-11-6-8(2-5-15-11)16-12(18)9-3-4-14-7-10(9)17-13/h2-7,17H,13H2,1H3,(H,15,16,18). The normalized spacial score (nSPS) is 9.79. The molecule has 0 aliphatic rings. The van der Waals surface area contributed by atoms with Crippen LogP contribution < -0.4 is 21.3 Å². The maximum absolute atomic E-state index is 12.1. The summed E-state index contributed by atoms with van der Waals surface area (Å²) >= 11 is 0. The molecule has 19 heavy (non-hydrogen) atoms. The highest BCUT2D eigenvalue weighted by atomic mass is 16.5. The fourth-order valence-electron chi connectivity index (χ4n) is 1.50. The van der Waals surface area contributed by atoms with Crippen LogP contribution in [0.4, 0.5) is 11.4 Å². The highest BCUT2D eigenvalue weighted by Crippen LogP contribution is 2.17. The first-order chi connectivity index (χ1) is 9.24. The van der Waals surface area contributed by atoms with E-state index >= 15 is 0 Å². The number of nitrogens with one attached hydrogen (secondary N) is 2. The molecule has 0 spiro atoms. The third-order valence-electron chi connectivity index (χ3n) is 2.42. The van der Waals surface area contributed by atoms with E-state index in [0.29, 0.717) is 22.8 Å². The van der Waals surface area contributed by atoms with Crippen molar-refractivity contribution in [1.82, 2.24) is 9.97 Å². The van der Waals surface area contributed by atoms with E-state index in [9.17, 15) is 4.79 Å². The summed E-state index contributed by atoms with van der Waals surface area (Å²) in [5, 5.41) is 2.73. The van der Waals surface area contributed by atoms with E-state index in [-0.39, 0.29) is 5.91 Å². The largest absolute Gasteiger partial charge is 0.481 e. The van der Waals surface area contributed by atoms with Crippen molar-refractivity contribution >= 4 is 17.3 Å². The molecule has 1 amide bonds. The minimum absolute atomic E-state index is 0.302. The van der Waals surface area contributed by atoms with Gasteiger partial charge < -0.3 is 15.5 Å². The predicted molar refractivity (Wildman–Crippen MR) is 70.8 cm³/mol. The van der Waals surface area contributed by atoms with Gasteiger partial charge in [-0.15, -0.1) is 0 Å². The zero-order valence-corrected chi connectivity index (χ0v) is 10.3. The molecule has 0 aromatic carbocycles. The number of ether oxygens (including phenoxy) is 1. The van der Waals surface area contributed by atoms with Crippen molar-refractivity contribution in [2.75, 3.05) is 17.9 Å². The Balaban J connectivity index is 2.20. The summed E-state index contributed by atoms with van der Waals surface area (Å²) in [5.41, 5.74) is 3.85. The van der Waals surface area contributed by atoms with E-state index in [1.807, 2.05) is 0 Å². The van der Waals surface area contributed by atoms with Gasteiger partial charge in [0, 0.05) is 24.1 Å². The van der Waals surface area contributed by atoms with E-state index in [4.69, 9.17) is 10.6 Å². The minimum atomic E-state index is -0.302. The monoisotopic (exact) mass is 259 g/mol. The Bertz CT molecular complexity index is 588. The summed E-state index contributed by atoms with van der Waals surface area (Å²) in [6.07, 6.45) is 4.54. The number of methoxy groups -OCH3 is 1. The van der Waals surface area contributed by atoms with E-state index < -0.39 is 0 Å². The van der Waals surface area contributed by atoms with Gasteiger partial charge in [0.1, 0.15) is 0 Å². The van der Waals surface area contributed by atoms with Crippen molar-refractivity contribution in [3.8, 4) is 5.88 Å². The summed E-state index contributed by atoms with van der Waals surface area (Å²) < 4.78 is 4.98. The molecule has 2 heterocycles. The van der Waals surface area contributed by atoms with Crippen molar-refractivity contribution in [2.24, 2.45) is 5.84 Å². The van der Waals surface area contributed by atoms with Gasteiger partial charge in [-0.25, -0.2) is 4.98 Å². The highest BCUT2D eigenvalue weighted by molar-refractivity contribution is 6.07. The Labute approximate surface area is 109 Å². The molecule has 0 bridgehead atoms. The van der Waals surface area contributed by atoms with Gasteiger partial charge >= 0.3 is 0 Å². The van der Waals surface area contributed by atoms with Gasteiger partial charge in [-0.1, -0.05) is 0 Å². The van der Waals surface area contributed by atoms with Crippen molar-refractivity contribution < 1.29 is 9.53 Å². The Kier molecular flexibility index (Phi) is 3.89. The number of nitrogens with zero attached hydrogens (tertiary/aromatic N) is 2. The molecule has 2 rings (SSSR count). The Morgan fingerprint density at radius 2 is 2.21 bits per heavy atom. The van der Waals surface area contributed by atoms with Crippen LogP contribution in [0.15, 0.2) is 36.8 Å². The topological polar surface area (TPSA) is 102 Å². The van der Waals surface area contributed by atoms with Crippen molar-refractivity contribution in [2.45, 2.75) is 0 Å². The summed E-state index contributed by atoms with van der Waals surface area (Å²) in [7, 11) is 1.51. The molecule has 2 aromatic heterocycles. The molecule has 0 aliphatic heterocycles. The number of anilines is 2. The lowest BCUT2D eigenvalue weighted by Crippen LogP contribution is -2.17. The lowest BCUT2D eigenvalue weighted by Gasteiger charge is -2.09. The van der Waals surface area contributed by atoms with Gasteiger partial charge in [-0.05, 0) is 12.1 Å². The van der Waals surface area contributed by atoms with Crippen molar-refractivity contribution in [3.63, 3.8) is 0 Å². The van der Waals surface area contributed by atoms with Crippen LogP contribution in [0.2, 0.25) is 0 Å². The molecular formula is C12H13N5O2. The molecule has 0 unspecified atom stereocenters. The molecule has 98 valence electrons. The van der Waals surface area contributed by atoms with Crippen molar-refractivity contribution in [1.29, 1.82) is 0 Å². The predicted octanol–water partition coefficient (Wildman–Crippen LogP) is 1.02. The lowest BCUT2D eigenvalue weighted by atomic mass is 10.2. The molecule has 0 atom stereocenters. The van der Waals surface area contributed by atoms with Crippen LogP contribution in [0.25, 0.3) is 0 Å². The van der Waals surface area contributed by atoms with Crippen LogP contribution in [0.1, 0.15) is 10.4 Å². The molecule has 7 nitrogen and oxygen atoms in total. The van der Waals surface area contributed by atoms with Crippen molar-refractivity contribution in [3.05, 3.63) is 42.4 Å². The number of hydrogen-bond acceptors (Lipinski definition) is 6. The van der Waals surface area contributed by atoms with E-state index in [2.05, 4.69) is 20.7 Å². The van der Waals surface area contributed by atoms with Crippen LogP contribution in [0, 0.1) is 0 Å². The first-order valence-corrected chi connectivity index (χ1v) is 5.46. The van der Waals surface area contributed by atoms with Gasteiger partial charge in [-0.2, -0.15) is 0 Å². The molecule has 2 aromatic rings. The van der Waals surface area contributed by atoms with Gasteiger partial charge in [0.25, 0.3) is 5.91 Å². The number of nitrogens with two attached hydrogens (primary N) is 1. The highest BCUT2D eigenvalue weighted by Gasteiger charge is 2.11. The average molecular weight is 259 g/mol. The SMILES string of the molecule is COc1cc(NC(=O)c2ccncc2NN)ccn1. The number of hydrogen-bond donors (Lipinski definition) is 3. The molecule has 0 radical (unpaired) electrons. The molecular weight excluding hydrogens is 246 g/mol. The number of nitrogen functional groups attached to an aromatic ring is 1. The number of hydrazine groups is 1. The fraction of sp³-hybridized carbons (Fsp3) is 0.0833. The Morgan fingerprint density at radius 1 is 1.37 bits per heavy atom. The lowest BCUT2D eigenvalue weighted by molar-refractivity contribution is 0.102. The number of carbonyl (C=O) groups is 1. The second kappa shape index (κ2) is 5.78. The number of pyridine rings is 2. The Morgan fingerprint density at radius 3 is 2.95 bits per heavy atom. The summed E-state index contributed by atoms with van der Waals surface area (Å²) in [4.78, 5) is 19.9. The molecule has 4 N–H and O–H groups in total. The Hall–Kier alpha value is -2.67. The maximum atomic E-state index is 12.1. The number of aromatic nitrogens is 2. The summed E-state index contributed by atoms with van der Waals surface area (Å²) in [5.74, 6) is 5.45. The summed E-state index contributed by atoms with van der Waals surface area (Å²) in [6.45, 7) is 0. The van der Waals surface area contributed by atoms with E-state index in [0.717, 1.165) is 0 Å². The van der Waals surface area contributed by atoms with E-state index in [1.165, 1.54) is 19.5 Å². The molecule has 0 fully saturated rings. The van der Waals surface area contributed by atoms with Crippen LogP contribution >= 0.6 is 0 Å². The van der Waals surface area contributed by atoms with Crippen LogP contribution in [-0.4, -0.2) is 23.0 Å². The van der Waals surface area contributed by atoms with Crippen LogP contribution in [0.3, 0.4) is 0 Å². The van der Waals surface area contributed by atoms with Gasteiger partial charge in [0.2, 0.25) is 5.88 Å². The number of rotatable bonds is 4. The minimum Gasteiger partial charge on any atom is -0.481 e. The van der Waals surface area contributed by atoms with Crippen LogP contribution in [0.5, 0.6) is 5.88 Å². The maximum Gasteiger partial charge on any atom is 0.257 e. The number of carbonyl (C=O) groups excluding carboxylic acids is 1. The quantitative estimate of drug-likeness (QED) is 0.559. The number of amides is 1. The second-order valence-electron chi connectivity index (χ2n) is 3.61. The van der Waals surface area contributed by atoms with Gasteiger partial charge in [-0.3, -0.25) is 15.6 Å². The first-order valence-electron chi connectivity index (χ1n) is 5.46.